The molecule has 2 N–H and O–H groups in total. The number of anilines is 1. The third-order valence-electron chi connectivity index (χ3n) is 3.04. The van der Waals surface area contributed by atoms with E-state index in [1.807, 2.05) is 0 Å². The number of carboxylic acid groups (broad SMARTS) is 1. The molecule has 24 heavy (non-hydrogen) atoms. The highest BCUT2D eigenvalue weighted by Crippen LogP contribution is 2.17. The zero-order valence-corrected chi connectivity index (χ0v) is 13.3. The molecule has 7 nitrogen and oxygen atoms in total. The van der Waals surface area contributed by atoms with Crippen molar-refractivity contribution in [3.8, 4) is 0 Å². The van der Waals surface area contributed by atoms with Gasteiger partial charge in [0.25, 0.3) is 5.69 Å². The molecule has 0 aliphatic heterocycles. The molecule has 0 aliphatic carbocycles. The Labute approximate surface area is 141 Å². The summed E-state index contributed by atoms with van der Waals surface area (Å²) in [6.07, 6.45) is 0. The highest BCUT2D eigenvalue weighted by Gasteiger charge is 2.07. The van der Waals surface area contributed by atoms with Gasteiger partial charge in [0.15, 0.2) is 0 Å². The molecule has 0 heterocycles. The van der Waals surface area contributed by atoms with Crippen LogP contribution in [-0.4, -0.2) is 27.7 Å². The summed E-state index contributed by atoms with van der Waals surface area (Å²) in [6.45, 7) is 0. The Morgan fingerprint density at radius 2 is 1.88 bits per heavy atom. The minimum absolute atomic E-state index is 0.0276. The smallest absolute Gasteiger partial charge is 0.335 e. The Morgan fingerprint density at radius 3 is 2.50 bits per heavy atom. The molecule has 0 bridgehead atoms. The average Bonchev–Trinajstić information content (AvgIpc) is 2.55. The van der Waals surface area contributed by atoms with E-state index in [9.17, 15) is 19.7 Å². The van der Waals surface area contributed by atoms with Gasteiger partial charge in [0.2, 0.25) is 5.91 Å². The molecule has 2 aromatic rings. The Hall–Kier alpha value is -2.87. The van der Waals surface area contributed by atoms with Gasteiger partial charge in [0, 0.05) is 23.6 Å². The van der Waals surface area contributed by atoms with Gasteiger partial charge in [-0.3, -0.25) is 14.9 Å². The van der Waals surface area contributed by atoms with E-state index in [1.54, 1.807) is 24.3 Å². The number of hydrogen-bond donors (Lipinski definition) is 2. The Morgan fingerprint density at radius 1 is 1.17 bits per heavy atom. The summed E-state index contributed by atoms with van der Waals surface area (Å²) < 4.78 is 0. The summed E-state index contributed by atoms with van der Waals surface area (Å²) in [5, 5.41) is 22.1. The zero-order valence-electron chi connectivity index (χ0n) is 12.5. The van der Waals surface area contributed by atoms with Crippen molar-refractivity contribution in [2.45, 2.75) is 5.75 Å². The van der Waals surface area contributed by atoms with E-state index >= 15 is 0 Å². The highest BCUT2D eigenvalue weighted by atomic mass is 32.2. The Bertz CT molecular complexity index is 761. The predicted molar refractivity (Wildman–Crippen MR) is 91.3 cm³/mol. The lowest BCUT2D eigenvalue weighted by Crippen LogP contribution is -2.14. The van der Waals surface area contributed by atoms with E-state index in [1.165, 1.54) is 36.0 Å². The number of aromatic carboxylic acids is 1. The first kappa shape index (κ1) is 17.5. The average molecular weight is 346 g/mol. The Balaban J connectivity index is 1.82. The lowest BCUT2D eigenvalue weighted by Gasteiger charge is -2.06. The molecule has 0 unspecified atom stereocenters. The number of nitro benzene ring substituents is 1. The van der Waals surface area contributed by atoms with Crippen LogP contribution < -0.4 is 5.32 Å². The second kappa shape index (κ2) is 8.11. The first-order valence-corrected chi connectivity index (χ1v) is 8.05. The van der Waals surface area contributed by atoms with Crippen molar-refractivity contribution >= 4 is 35.0 Å². The van der Waals surface area contributed by atoms with Crippen LogP contribution in [0.3, 0.4) is 0 Å². The van der Waals surface area contributed by atoms with Gasteiger partial charge in [-0.1, -0.05) is 18.2 Å². The molecule has 2 rings (SSSR count). The SMILES string of the molecule is O=C(CSCc1ccc([N+](=O)[O-])cc1)Nc1cccc(C(=O)O)c1. The van der Waals surface area contributed by atoms with Crippen molar-refractivity contribution in [3.05, 3.63) is 69.8 Å². The minimum atomic E-state index is -1.06. The predicted octanol–water partition coefficient (Wildman–Crippen LogP) is 3.16. The van der Waals surface area contributed by atoms with Crippen molar-refractivity contribution in [3.63, 3.8) is 0 Å². The quantitative estimate of drug-likeness (QED) is 0.588. The van der Waals surface area contributed by atoms with Gasteiger partial charge in [-0.15, -0.1) is 11.8 Å². The molecule has 0 atom stereocenters. The van der Waals surface area contributed by atoms with Crippen molar-refractivity contribution in [1.82, 2.24) is 0 Å². The number of nitrogens with zero attached hydrogens (tertiary/aromatic N) is 1. The topological polar surface area (TPSA) is 110 Å². The van der Waals surface area contributed by atoms with Gasteiger partial charge in [-0.25, -0.2) is 4.79 Å². The van der Waals surface area contributed by atoms with E-state index in [0.717, 1.165) is 5.56 Å². The number of hydrogen-bond acceptors (Lipinski definition) is 5. The molecule has 0 aliphatic rings. The van der Waals surface area contributed by atoms with Crippen molar-refractivity contribution < 1.29 is 19.6 Å². The number of nitrogens with one attached hydrogen (secondary N) is 1. The van der Waals surface area contributed by atoms with E-state index in [-0.39, 0.29) is 22.9 Å². The van der Waals surface area contributed by atoms with Gasteiger partial charge in [0.1, 0.15) is 0 Å². The molecule has 124 valence electrons. The lowest BCUT2D eigenvalue weighted by molar-refractivity contribution is -0.384. The van der Waals surface area contributed by atoms with Crippen molar-refractivity contribution in [2.24, 2.45) is 0 Å². The maximum absolute atomic E-state index is 11.9. The van der Waals surface area contributed by atoms with Gasteiger partial charge >= 0.3 is 5.97 Å². The van der Waals surface area contributed by atoms with Gasteiger partial charge in [-0.2, -0.15) is 0 Å². The zero-order chi connectivity index (χ0) is 17.5. The molecule has 8 heteroatoms. The standard InChI is InChI=1S/C16H14N2O5S/c19-15(17-13-3-1-2-12(8-13)16(20)21)10-24-9-11-4-6-14(7-5-11)18(22)23/h1-8H,9-10H2,(H,17,19)(H,20,21). The fourth-order valence-electron chi connectivity index (χ4n) is 1.90. The van der Waals surface area contributed by atoms with E-state index in [4.69, 9.17) is 5.11 Å². The van der Waals surface area contributed by atoms with Crippen LogP contribution in [0.2, 0.25) is 0 Å². The van der Waals surface area contributed by atoms with Crippen LogP contribution in [-0.2, 0) is 10.5 Å². The molecular weight excluding hydrogens is 332 g/mol. The van der Waals surface area contributed by atoms with Gasteiger partial charge in [0.05, 0.1) is 16.2 Å². The van der Waals surface area contributed by atoms with Crippen LogP contribution in [0.1, 0.15) is 15.9 Å². The molecule has 0 radical (unpaired) electrons. The minimum Gasteiger partial charge on any atom is -0.478 e. The normalized spacial score (nSPS) is 10.2. The highest BCUT2D eigenvalue weighted by molar-refractivity contribution is 7.99. The fourth-order valence-corrected chi connectivity index (χ4v) is 2.69. The van der Waals surface area contributed by atoms with E-state index in [2.05, 4.69) is 5.32 Å². The molecule has 2 aromatic carbocycles. The number of rotatable bonds is 7. The second-order valence-electron chi connectivity index (χ2n) is 4.85. The number of benzene rings is 2. The van der Waals surface area contributed by atoms with Crippen LogP contribution in [0, 0.1) is 10.1 Å². The lowest BCUT2D eigenvalue weighted by atomic mass is 10.2. The van der Waals surface area contributed by atoms with E-state index in [0.29, 0.717) is 11.4 Å². The van der Waals surface area contributed by atoms with Gasteiger partial charge < -0.3 is 10.4 Å². The largest absolute Gasteiger partial charge is 0.478 e. The number of carbonyl (C=O) groups is 2. The molecule has 0 saturated heterocycles. The fraction of sp³-hybridized carbons (Fsp3) is 0.125. The van der Waals surface area contributed by atoms with Crippen LogP contribution in [0.4, 0.5) is 11.4 Å². The van der Waals surface area contributed by atoms with Crippen molar-refractivity contribution in [2.75, 3.05) is 11.1 Å². The number of amides is 1. The first-order valence-electron chi connectivity index (χ1n) is 6.90. The number of thioether (sulfide) groups is 1. The summed E-state index contributed by atoms with van der Waals surface area (Å²) in [5.74, 6) is -0.572. The number of nitro groups is 1. The monoisotopic (exact) mass is 346 g/mol. The van der Waals surface area contributed by atoms with E-state index < -0.39 is 10.9 Å². The first-order chi connectivity index (χ1) is 11.5. The molecule has 0 fully saturated rings. The molecule has 1 amide bonds. The third-order valence-corrected chi connectivity index (χ3v) is 4.05. The van der Waals surface area contributed by atoms with Crippen LogP contribution in [0.15, 0.2) is 48.5 Å². The summed E-state index contributed by atoms with van der Waals surface area (Å²) in [7, 11) is 0. The molecule has 0 saturated carbocycles. The number of carbonyl (C=O) groups excluding carboxylic acids is 1. The number of carboxylic acids is 1. The van der Waals surface area contributed by atoms with Crippen molar-refractivity contribution in [1.29, 1.82) is 0 Å². The summed E-state index contributed by atoms with van der Waals surface area (Å²) in [6, 6.07) is 12.2. The molecular formula is C16H14N2O5S. The number of non-ortho nitro benzene ring substituents is 1. The second-order valence-corrected chi connectivity index (χ2v) is 5.84. The maximum atomic E-state index is 11.9. The summed E-state index contributed by atoms with van der Waals surface area (Å²) in [4.78, 5) is 32.8. The molecule has 0 aromatic heterocycles. The van der Waals surface area contributed by atoms with Gasteiger partial charge in [-0.05, 0) is 23.8 Å². The molecule has 0 spiro atoms. The summed E-state index contributed by atoms with van der Waals surface area (Å²) in [5.41, 5.74) is 1.44. The van der Waals surface area contributed by atoms with Crippen LogP contribution in [0.5, 0.6) is 0 Å². The maximum Gasteiger partial charge on any atom is 0.335 e. The van der Waals surface area contributed by atoms with Crippen LogP contribution in [0.25, 0.3) is 0 Å². The van der Waals surface area contributed by atoms with Crippen LogP contribution >= 0.6 is 11.8 Å². The third kappa shape index (κ3) is 5.10. The summed E-state index contributed by atoms with van der Waals surface area (Å²) >= 11 is 1.36. The Kier molecular flexibility index (Phi) is 5.91.